The number of amides is 1. The van der Waals surface area contributed by atoms with E-state index in [1.54, 1.807) is 73.6 Å². The van der Waals surface area contributed by atoms with E-state index in [0.717, 1.165) is 0 Å². The Morgan fingerprint density at radius 2 is 1.92 bits per heavy atom. The van der Waals surface area contributed by atoms with Crippen molar-refractivity contribution in [1.29, 1.82) is 16.1 Å². The van der Waals surface area contributed by atoms with Crippen molar-refractivity contribution in [2.45, 2.75) is 13.5 Å². The number of pyridine rings is 1. The van der Waals surface area contributed by atoms with Gasteiger partial charge in [0, 0.05) is 36.1 Å². The number of carbonyl (C=O) groups excluding carboxylic acids is 1. The molecule has 1 amide bonds. The third-order valence-electron chi connectivity index (χ3n) is 5.46. The number of nitrogens with one attached hydrogen (secondary N) is 3. The number of rotatable bonds is 9. The number of allylic oxidation sites excluding steroid dienone is 1. The lowest BCUT2D eigenvalue weighted by atomic mass is 9.96. The second-order valence-electron chi connectivity index (χ2n) is 8.26. The van der Waals surface area contributed by atoms with Gasteiger partial charge in [-0.25, -0.2) is 0 Å². The minimum absolute atomic E-state index is 0.170. The van der Waals surface area contributed by atoms with Crippen molar-refractivity contribution < 1.29 is 9.53 Å². The SMILES string of the molecule is COc1c(N/C(=C/C(=N)N)C(C)=N)ccc(C#N)c1-c1ccc(C(=O)N(C)Cc2cc(N)ccn2)cc1. The van der Waals surface area contributed by atoms with Crippen LogP contribution in [-0.4, -0.2) is 41.5 Å². The summed E-state index contributed by atoms with van der Waals surface area (Å²) in [6.07, 6.45) is 2.93. The molecule has 0 aliphatic rings. The molecule has 1 heterocycles. The molecular formula is C27H28N8O2. The van der Waals surface area contributed by atoms with E-state index in [0.29, 0.717) is 57.3 Å². The van der Waals surface area contributed by atoms with E-state index in [4.69, 9.17) is 27.0 Å². The van der Waals surface area contributed by atoms with Gasteiger partial charge < -0.3 is 31.8 Å². The molecule has 0 saturated carbocycles. The Morgan fingerprint density at radius 1 is 1.22 bits per heavy atom. The molecule has 0 atom stereocenters. The Kier molecular flexibility index (Phi) is 8.22. The third kappa shape index (κ3) is 6.29. The number of nitrogens with two attached hydrogens (primary N) is 2. The predicted molar refractivity (Wildman–Crippen MR) is 145 cm³/mol. The van der Waals surface area contributed by atoms with Crippen LogP contribution in [0.15, 0.2) is 66.5 Å². The third-order valence-corrected chi connectivity index (χ3v) is 5.46. The molecule has 3 rings (SSSR count). The van der Waals surface area contributed by atoms with Gasteiger partial charge in [0.1, 0.15) is 5.84 Å². The molecule has 10 heteroatoms. The van der Waals surface area contributed by atoms with Crippen LogP contribution < -0.4 is 21.5 Å². The fraction of sp³-hybridized carbons (Fsp3) is 0.148. The Balaban J connectivity index is 1.95. The lowest BCUT2D eigenvalue weighted by Gasteiger charge is -2.19. The summed E-state index contributed by atoms with van der Waals surface area (Å²) < 4.78 is 5.66. The van der Waals surface area contributed by atoms with Crippen LogP contribution in [0.4, 0.5) is 11.4 Å². The summed E-state index contributed by atoms with van der Waals surface area (Å²) in [6, 6.07) is 15.7. The first-order chi connectivity index (χ1) is 17.6. The number of nitrogens with zero attached hydrogens (tertiary/aromatic N) is 3. The van der Waals surface area contributed by atoms with E-state index in [2.05, 4.69) is 16.4 Å². The van der Waals surface area contributed by atoms with Crippen LogP contribution in [0.2, 0.25) is 0 Å². The van der Waals surface area contributed by atoms with Crippen molar-refractivity contribution >= 4 is 28.8 Å². The highest BCUT2D eigenvalue weighted by Crippen LogP contribution is 2.40. The number of methoxy groups -OCH3 is 1. The minimum Gasteiger partial charge on any atom is -0.494 e. The highest BCUT2D eigenvalue weighted by atomic mass is 16.5. The topological polar surface area (TPSA) is 178 Å². The fourth-order valence-electron chi connectivity index (χ4n) is 3.71. The molecule has 0 bridgehead atoms. The average Bonchev–Trinajstić information content (AvgIpc) is 2.87. The van der Waals surface area contributed by atoms with Gasteiger partial charge in [0.15, 0.2) is 5.75 Å². The van der Waals surface area contributed by atoms with Crippen molar-refractivity contribution in [2.24, 2.45) is 5.73 Å². The number of anilines is 2. The number of nitriles is 1. The van der Waals surface area contributed by atoms with E-state index in [1.807, 2.05) is 0 Å². The molecule has 37 heavy (non-hydrogen) atoms. The normalized spacial score (nSPS) is 10.8. The molecule has 0 unspecified atom stereocenters. The van der Waals surface area contributed by atoms with Crippen molar-refractivity contribution in [1.82, 2.24) is 9.88 Å². The van der Waals surface area contributed by atoms with Crippen LogP contribution in [0.3, 0.4) is 0 Å². The maximum Gasteiger partial charge on any atom is 0.253 e. The predicted octanol–water partition coefficient (Wildman–Crippen LogP) is 3.75. The largest absolute Gasteiger partial charge is 0.494 e. The van der Waals surface area contributed by atoms with Crippen LogP contribution in [0, 0.1) is 22.1 Å². The first kappa shape index (κ1) is 26.4. The molecule has 0 radical (unpaired) electrons. The molecule has 1 aromatic heterocycles. The number of nitrogen functional groups attached to an aromatic ring is 1. The fourth-order valence-corrected chi connectivity index (χ4v) is 3.71. The number of ether oxygens (including phenoxy) is 1. The number of amidine groups is 1. The monoisotopic (exact) mass is 496 g/mol. The maximum absolute atomic E-state index is 13.0. The standard InChI is InChI=1S/C27H28N8O2/c1-16(29)23(13-24(31)32)34-22-9-8-19(14-28)25(26(22)37-3)17-4-6-18(7-5-17)27(36)35(2)15-21-12-20(30)10-11-33-21/h4-13,29,34H,15H2,1-3H3,(H2,30,33)(H3,31,32)/b23-13+,29-16?. The summed E-state index contributed by atoms with van der Waals surface area (Å²) in [5.41, 5.74) is 15.6. The van der Waals surface area contributed by atoms with Gasteiger partial charge >= 0.3 is 0 Å². The Morgan fingerprint density at radius 3 is 2.49 bits per heavy atom. The van der Waals surface area contributed by atoms with Crippen LogP contribution in [0.1, 0.15) is 28.5 Å². The second kappa shape index (κ2) is 11.5. The zero-order valence-electron chi connectivity index (χ0n) is 20.8. The minimum atomic E-state index is -0.210. The van der Waals surface area contributed by atoms with E-state index in [1.165, 1.54) is 13.2 Å². The summed E-state index contributed by atoms with van der Waals surface area (Å²) in [7, 11) is 3.17. The van der Waals surface area contributed by atoms with Crippen LogP contribution in [0.5, 0.6) is 5.75 Å². The number of benzene rings is 2. The maximum atomic E-state index is 13.0. The van der Waals surface area contributed by atoms with Gasteiger partial charge in [0.25, 0.3) is 5.91 Å². The van der Waals surface area contributed by atoms with Gasteiger partial charge in [0.05, 0.1) is 48.1 Å². The lowest BCUT2D eigenvalue weighted by Crippen LogP contribution is -2.26. The van der Waals surface area contributed by atoms with Crippen LogP contribution in [-0.2, 0) is 6.54 Å². The summed E-state index contributed by atoms with van der Waals surface area (Å²) >= 11 is 0. The van der Waals surface area contributed by atoms with Gasteiger partial charge in [-0.1, -0.05) is 12.1 Å². The first-order valence-corrected chi connectivity index (χ1v) is 11.2. The van der Waals surface area contributed by atoms with E-state index >= 15 is 0 Å². The van der Waals surface area contributed by atoms with Gasteiger partial charge in [-0.05, 0) is 48.9 Å². The summed E-state index contributed by atoms with van der Waals surface area (Å²) in [6.45, 7) is 1.86. The zero-order valence-corrected chi connectivity index (χ0v) is 20.8. The van der Waals surface area contributed by atoms with Gasteiger partial charge in [-0.3, -0.25) is 15.2 Å². The summed E-state index contributed by atoms with van der Waals surface area (Å²) in [5.74, 6) is -0.0310. The van der Waals surface area contributed by atoms with E-state index in [-0.39, 0.29) is 17.5 Å². The number of hydrogen-bond acceptors (Lipinski definition) is 8. The highest BCUT2D eigenvalue weighted by molar-refractivity contribution is 6.05. The van der Waals surface area contributed by atoms with E-state index in [9.17, 15) is 10.1 Å². The Bertz CT molecular complexity index is 1420. The van der Waals surface area contributed by atoms with Crippen molar-refractivity contribution in [3.8, 4) is 22.9 Å². The second-order valence-corrected chi connectivity index (χ2v) is 8.26. The number of carbonyl (C=O) groups is 1. The molecule has 10 nitrogen and oxygen atoms in total. The molecule has 0 aliphatic heterocycles. The van der Waals surface area contributed by atoms with Crippen LogP contribution in [0.25, 0.3) is 11.1 Å². The van der Waals surface area contributed by atoms with Gasteiger partial charge in [-0.2, -0.15) is 5.26 Å². The quantitative estimate of drug-likeness (QED) is 0.221. The average molecular weight is 497 g/mol. The van der Waals surface area contributed by atoms with Crippen molar-refractivity contribution in [3.63, 3.8) is 0 Å². The van der Waals surface area contributed by atoms with Gasteiger partial charge in [0.2, 0.25) is 0 Å². The van der Waals surface area contributed by atoms with Crippen molar-refractivity contribution in [2.75, 3.05) is 25.2 Å². The summed E-state index contributed by atoms with van der Waals surface area (Å²) in [4.78, 5) is 18.8. The molecular weight excluding hydrogens is 468 g/mol. The molecule has 0 fully saturated rings. The zero-order chi connectivity index (χ0) is 27.1. The molecule has 0 spiro atoms. The van der Waals surface area contributed by atoms with Gasteiger partial charge in [-0.15, -0.1) is 0 Å². The molecule has 0 aliphatic carbocycles. The molecule has 3 aromatic rings. The van der Waals surface area contributed by atoms with E-state index < -0.39 is 0 Å². The Labute approximate surface area is 215 Å². The molecule has 0 saturated heterocycles. The number of aromatic nitrogens is 1. The molecule has 7 N–H and O–H groups in total. The highest BCUT2D eigenvalue weighted by Gasteiger charge is 2.19. The Hall–Kier alpha value is -5.17. The smallest absolute Gasteiger partial charge is 0.253 e. The van der Waals surface area contributed by atoms with Crippen LogP contribution >= 0.6 is 0 Å². The first-order valence-electron chi connectivity index (χ1n) is 11.2. The number of hydrogen-bond donors (Lipinski definition) is 5. The lowest BCUT2D eigenvalue weighted by molar-refractivity contribution is 0.0783. The summed E-state index contributed by atoms with van der Waals surface area (Å²) in [5, 5.41) is 28.3. The van der Waals surface area contributed by atoms with Crippen molar-refractivity contribution in [3.05, 3.63) is 83.3 Å². The molecule has 188 valence electrons. The molecule has 2 aromatic carbocycles.